The summed E-state index contributed by atoms with van der Waals surface area (Å²) in [5.41, 5.74) is 1.15. The molecule has 1 aromatic heterocycles. The van der Waals surface area contributed by atoms with Crippen molar-refractivity contribution in [3.8, 4) is 0 Å². The molecule has 2 aromatic carbocycles. The first-order chi connectivity index (χ1) is 9.63. The Hall–Kier alpha value is -2.89. The van der Waals surface area contributed by atoms with E-state index in [4.69, 9.17) is 9.52 Å². The molecule has 6 heteroatoms. The average molecular weight is 272 g/mol. The Balaban J connectivity index is 1.97. The third kappa shape index (κ3) is 2.18. The predicted octanol–water partition coefficient (Wildman–Crippen LogP) is 3.41. The van der Waals surface area contributed by atoms with Crippen molar-refractivity contribution in [2.24, 2.45) is 0 Å². The second-order valence-corrected chi connectivity index (χ2v) is 4.11. The lowest BCUT2D eigenvalue weighted by Crippen LogP contribution is -1.94. The molecule has 0 bridgehead atoms. The number of nitrogens with zero attached hydrogens (tertiary/aromatic N) is 1. The highest BCUT2D eigenvalue weighted by Crippen LogP contribution is 2.24. The zero-order chi connectivity index (χ0) is 14.1. The van der Waals surface area contributed by atoms with E-state index in [-0.39, 0.29) is 17.3 Å². The SMILES string of the molecule is O=C(O)c1ccc2nc(Nc3ccccc3F)oc2c1. The van der Waals surface area contributed by atoms with Crippen molar-refractivity contribution in [2.45, 2.75) is 0 Å². The lowest BCUT2D eigenvalue weighted by molar-refractivity contribution is 0.0697. The Kier molecular flexibility index (Phi) is 2.83. The summed E-state index contributed by atoms with van der Waals surface area (Å²) < 4.78 is 18.9. The Morgan fingerprint density at radius 2 is 2.05 bits per heavy atom. The fourth-order valence-electron chi connectivity index (χ4n) is 1.79. The number of rotatable bonds is 3. The van der Waals surface area contributed by atoms with Gasteiger partial charge < -0.3 is 14.8 Å². The molecule has 3 rings (SSSR count). The molecule has 20 heavy (non-hydrogen) atoms. The maximum atomic E-state index is 13.5. The smallest absolute Gasteiger partial charge is 0.335 e. The fraction of sp³-hybridized carbons (Fsp3) is 0. The highest BCUT2D eigenvalue weighted by Gasteiger charge is 2.11. The number of aromatic nitrogens is 1. The van der Waals surface area contributed by atoms with Gasteiger partial charge >= 0.3 is 5.97 Å². The van der Waals surface area contributed by atoms with Crippen molar-refractivity contribution in [1.82, 2.24) is 4.98 Å². The van der Waals surface area contributed by atoms with E-state index < -0.39 is 11.8 Å². The molecule has 0 amide bonds. The topological polar surface area (TPSA) is 75.4 Å². The third-order valence-corrected chi connectivity index (χ3v) is 2.75. The predicted molar refractivity (Wildman–Crippen MR) is 70.7 cm³/mol. The van der Waals surface area contributed by atoms with Crippen LogP contribution >= 0.6 is 0 Å². The minimum absolute atomic E-state index is 0.103. The largest absolute Gasteiger partial charge is 0.478 e. The maximum Gasteiger partial charge on any atom is 0.335 e. The molecule has 0 unspecified atom stereocenters. The number of nitrogens with one attached hydrogen (secondary N) is 1. The van der Waals surface area contributed by atoms with Gasteiger partial charge in [0.05, 0.1) is 11.3 Å². The molecule has 0 radical (unpaired) electrons. The van der Waals surface area contributed by atoms with Crippen molar-refractivity contribution in [1.29, 1.82) is 0 Å². The van der Waals surface area contributed by atoms with Crippen LogP contribution in [0.3, 0.4) is 0 Å². The zero-order valence-electron chi connectivity index (χ0n) is 10.1. The molecule has 0 saturated carbocycles. The summed E-state index contributed by atoms with van der Waals surface area (Å²) in [5.74, 6) is -1.48. The number of aromatic carboxylic acids is 1. The summed E-state index contributed by atoms with van der Waals surface area (Å²) in [6.45, 7) is 0. The van der Waals surface area contributed by atoms with Gasteiger partial charge in [-0.1, -0.05) is 12.1 Å². The Labute approximate surface area is 112 Å². The van der Waals surface area contributed by atoms with Gasteiger partial charge in [0.15, 0.2) is 5.58 Å². The maximum absolute atomic E-state index is 13.5. The van der Waals surface area contributed by atoms with Gasteiger partial charge in [0.1, 0.15) is 11.3 Å². The first-order valence-electron chi connectivity index (χ1n) is 5.79. The van der Waals surface area contributed by atoms with Crippen LogP contribution in [0.2, 0.25) is 0 Å². The van der Waals surface area contributed by atoms with Crippen LogP contribution in [0.5, 0.6) is 0 Å². The normalized spacial score (nSPS) is 10.7. The van der Waals surface area contributed by atoms with E-state index in [9.17, 15) is 9.18 Å². The molecule has 5 nitrogen and oxygen atoms in total. The quantitative estimate of drug-likeness (QED) is 0.764. The summed E-state index contributed by atoms with van der Waals surface area (Å²) >= 11 is 0. The first kappa shape index (κ1) is 12.2. The number of benzene rings is 2. The van der Waals surface area contributed by atoms with Crippen LogP contribution in [0.1, 0.15) is 10.4 Å². The van der Waals surface area contributed by atoms with Crippen LogP contribution in [-0.4, -0.2) is 16.1 Å². The van der Waals surface area contributed by atoms with Crippen LogP contribution in [-0.2, 0) is 0 Å². The number of carboxylic acids is 1. The Morgan fingerprint density at radius 1 is 1.25 bits per heavy atom. The molecular weight excluding hydrogens is 263 g/mol. The van der Waals surface area contributed by atoms with Crippen molar-refractivity contribution >= 4 is 28.8 Å². The van der Waals surface area contributed by atoms with Gasteiger partial charge in [-0.3, -0.25) is 0 Å². The Bertz CT molecular complexity index is 798. The van der Waals surface area contributed by atoms with E-state index in [1.165, 1.54) is 24.3 Å². The van der Waals surface area contributed by atoms with Gasteiger partial charge in [0.25, 0.3) is 6.01 Å². The monoisotopic (exact) mass is 272 g/mol. The summed E-state index contributed by atoms with van der Waals surface area (Å²) in [5, 5.41) is 11.6. The summed E-state index contributed by atoms with van der Waals surface area (Å²) in [6.07, 6.45) is 0. The van der Waals surface area contributed by atoms with Crippen LogP contribution in [0, 0.1) is 5.82 Å². The van der Waals surface area contributed by atoms with Gasteiger partial charge in [-0.15, -0.1) is 0 Å². The second-order valence-electron chi connectivity index (χ2n) is 4.11. The number of carbonyl (C=O) groups is 1. The van der Waals surface area contributed by atoms with Crippen LogP contribution in [0.15, 0.2) is 46.9 Å². The number of fused-ring (bicyclic) bond motifs is 1. The van der Waals surface area contributed by atoms with Crippen molar-refractivity contribution < 1.29 is 18.7 Å². The fourth-order valence-corrected chi connectivity index (χ4v) is 1.79. The van der Waals surface area contributed by atoms with Gasteiger partial charge in [-0.2, -0.15) is 4.98 Å². The van der Waals surface area contributed by atoms with E-state index >= 15 is 0 Å². The molecule has 0 saturated heterocycles. The number of carboxylic acid groups (broad SMARTS) is 1. The molecule has 3 aromatic rings. The number of hydrogen-bond acceptors (Lipinski definition) is 4. The zero-order valence-corrected chi connectivity index (χ0v) is 10.1. The molecule has 100 valence electrons. The van der Waals surface area contributed by atoms with E-state index in [1.54, 1.807) is 18.2 Å². The molecule has 0 spiro atoms. The number of halogens is 1. The minimum Gasteiger partial charge on any atom is -0.478 e. The highest BCUT2D eigenvalue weighted by atomic mass is 19.1. The average Bonchev–Trinajstić information content (AvgIpc) is 2.82. The summed E-state index contributed by atoms with van der Waals surface area (Å²) in [4.78, 5) is 15.0. The minimum atomic E-state index is -1.05. The van der Waals surface area contributed by atoms with Gasteiger partial charge in [0, 0.05) is 0 Å². The molecule has 0 aliphatic carbocycles. The van der Waals surface area contributed by atoms with Crippen molar-refractivity contribution in [2.75, 3.05) is 5.32 Å². The number of oxazole rings is 1. The molecule has 0 atom stereocenters. The molecule has 0 fully saturated rings. The number of para-hydroxylation sites is 1. The number of anilines is 2. The lowest BCUT2D eigenvalue weighted by atomic mass is 10.2. The third-order valence-electron chi connectivity index (χ3n) is 2.75. The summed E-state index contributed by atoms with van der Waals surface area (Å²) in [7, 11) is 0. The second kappa shape index (κ2) is 4.65. The lowest BCUT2D eigenvalue weighted by Gasteiger charge is -2.01. The number of hydrogen-bond donors (Lipinski definition) is 2. The van der Waals surface area contributed by atoms with E-state index in [0.29, 0.717) is 11.1 Å². The van der Waals surface area contributed by atoms with E-state index in [1.807, 2.05) is 0 Å². The van der Waals surface area contributed by atoms with Gasteiger partial charge in [0.2, 0.25) is 0 Å². The standard InChI is InChI=1S/C14H9FN2O3/c15-9-3-1-2-4-10(9)16-14-17-11-6-5-8(13(18)19)7-12(11)20-14/h1-7H,(H,16,17)(H,18,19). The van der Waals surface area contributed by atoms with E-state index in [2.05, 4.69) is 10.3 Å². The Morgan fingerprint density at radius 3 is 2.80 bits per heavy atom. The van der Waals surface area contributed by atoms with Crippen molar-refractivity contribution in [3.63, 3.8) is 0 Å². The molecule has 0 aliphatic rings. The van der Waals surface area contributed by atoms with Crippen LogP contribution in [0.4, 0.5) is 16.1 Å². The summed E-state index contributed by atoms with van der Waals surface area (Å²) in [6, 6.07) is 10.6. The van der Waals surface area contributed by atoms with E-state index in [0.717, 1.165) is 0 Å². The molecular formula is C14H9FN2O3. The highest BCUT2D eigenvalue weighted by molar-refractivity contribution is 5.92. The van der Waals surface area contributed by atoms with Crippen molar-refractivity contribution in [3.05, 3.63) is 53.8 Å². The van der Waals surface area contributed by atoms with Crippen LogP contribution in [0.25, 0.3) is 11.1 Å². The molecule has 1 heterocycles. The van der Waals surface area contributed by atoms with Gasteiger partial charge in [-0.05, 0) is 30.3 Å². The van der Waals surface area contributed by atoms with Gasteiger partial charge in [-0.25, -0.2) is 9.18 Å². The van der Waals surface area contributed by atoms with Crippen LogP contribution < -0.4 is 5.32 Å². The first-order valence-corrected chi connectivity index (χ1v) is 5.79. The molecule has 0 aliphatic heterocycles. The molecule has 2 N–H and O–H groups in total.